The molecule has 0 radical (unpaired) electrons. The quantitative estimate of drug-likeness (QED) is 0.550. The molecule has 0 spiro atoms. The van der Waals surface area contributed by atoms with E-state index in [0.717, 1.165) is 0 Å². The number of nitrogens with two attached hydrogens (primary N) is 1. The van der Waals surface area contributed by atoms with E-state index in [4.69, 9.17) is 10.5 Å². The molecule has 0 saturated heterocycles. The van der Waals surface area contributed by atoms with Crippen molar-refractivity contribution < 1.29 is 23.1 Å². The summed E-state index contributed by atoms with van der Waals surface area (Å²) in [7, 11) is -2.40. The van der Waals surface area contributed by atoms with Gasteiger partial charge in [0, 0.05) is 5.69 Å². The summed E-state index contributed by atoms with van der Waals surface area (Å²) in [6.45, 7) is 0. The number of aliphatic hydroxyl groups is 1. The summed E-state index contributed by atoms with van der Waals surface area (Å²) < 4.78 is 32.8. The van der Waals surface area contributed by atoms with Crippen molar-refractivity contribution in [3.63, 3.8) is 0 Å². The molecule has 0 aliphatic carbocycles. The van der Waals surface area contributed by atoms with Crippen molar-refractivity contribution >= 4 is 21.6 Å². The Hall–Kier alpha value is -3.36. The molecule has 0 aromatic heterocycles. The number of carbonyl (C=O) groups is 1. The summed E-state index contributed by atoms with van der Waals surface area (Å²) in [6, 6.07) is 20.0. The van der Waals surface area contributed by atoms with Gasteiger partial charge in [-0.3, -0.25) is 9.52 Å². The van der Waals surface area contributed by atoms with Gasteiger partial charge in [-0.15, -0.1) is 0 Å². The molecule has 0 aliphatic rings. The van der Waals surface area contributed by atoms with E-state index in [9.17, 15) is 18.3 Å². The van der Waals surface area contributed by atoms with Crippen LogP contribution in [0.1, 0.15) is 11.1 Å². The number of ether oxygens (including phenoxy) is 1. The maximum Gasteiger partial charge on any atom is 0.261 e. The molecule has 0 heterocycles. The van der Waals surface area contributed by atoms with Crippen LogP contribution >= 0.6 is 0 Å². The number of hydrogen-bond acceptors (Lipinski definition) is 5. The van der Waals surface area contributed by atoms with Crippen molar-refractivity contribution in [1.82, 2.24) is 0 Å². The van der Waals surface area contributed by atoms with E-state index < -0.39 is 21.5 Å². The highest BCUT2D eigenvalue weighted by Crippen LogP contribution is 2.31. The summed E-state index contributed by atoms with van der Waals surface area (Å²) >= 11 is 0. The lowest BCUT2D eigenvalue weighted by Crippen LogP contribution is -2.42. The van der Waals surface area contributed by atoms with Gasteiger partial charge in [0.1, 0.15) is 5.75 Å². The summed E-state index contributed by atoms with van der Waals surface area (Å²) in [5.74, 6) is -0.445. The molecule has 29 heavy (non-hydrogen) atoms. The van der Waals surface area contributed by atoms with Gasteiger partial charge in [0.05, 0.1) is 12.0 Å². The molecule has 0 saturated carbocycles. The van der Waals surface area contributed by atoms with Crippen LogP contribution < -0.4 is 15.2 Å². The first-order valence-electron chi connectivity index (χ1n) is 8.62. The highest BCUT2D eigenvalue weighted by Gasteiger charge is 2.38. The zero-order chi connectivity index (χ0) is 21.1. The summed E-state index contributed by atoms with van der Waals surface area (Å²) in [4.78, 5) is 12.2. The van der Waals surface area contributed by atoms with Gasteiger partial charge in [-0.2, -0.15) is 0 Å². The number of primary amides is 1. The smallest absolute Gasteiger partial charge is 0.261 e. The number of anilines is 1. The van der Waals surface area contributed by atoms with Crippen LogP contribution in [-0.2, 0) is 20.4 Å². The molecule has 3 aromatic carbocycles. The van der Waals surface area contributed by atoms with E-state index in [-0.39, 0.29) is 21.7 Å². The molecule has 3 aromatic rings. The second kappa shape index (κ2) is 7.94. The Bertz CT molecular complexity index is 1120. The van der Waals surface area contributed by atoms with Crippen LogP contribution in [-0.4, -0.2) is 26.5 Å². The molecule has 1 unspecified atom stereocenters. The lowest BCUT2D eigenvalue weighted by Gasteiger charge is -2.26. The third-order valence-electron chi connectivity index (χ3n) is 4.45. The van der Waals surface area contributed by atoms with Crippen molar-refractivity contribution in [1.29, 1.82) is 0 Å². The average molecular weight is 412 g/mol. The maximum absolute atomic E-state index is 12.7. The Labute approximate surface area is 168 Å². The Balaban J connectivity index is 1.97. The number of nitrogens with one attached hydrogen (secondary N) is 1. The SMILES string of the molecule is COc1ccc(S(=O)(=O)Nc2cccc(C(O)(C(N)=O)c3ccccc3)c2)cc1. The van der Waals surface area contributed by atoms with E-state index in [1.165, 1.54) is 55.6 Å². The minimum absolute atomic E-state index is 0.0388. The minimum atomic E-state index is -3.89. The van der Waals surface area contributed by atoms with Crippen molar-refractivity contribution in [2.75, 3.05) is 11.8 Å². The fourth-order valence-corrected chi connectivity index (χ4v) is 3.96. The van der Waals surface area contributed by atoms with Crippen LogP contribution in [0.5, 0.6) is 5.75 Å². The molecule has 8 heteroatoms. The van der Waals surface area contributed by atoms with E-state index in [1.807, 2.05) is 0 Å². The number of carbonyl (C=O) groups excluding carboxylic acids is 1. The van der Waals surface area contributed by atoms with E-state index >= 15 is 0 Å². The highest BCUT2D eigenvalue weighted by molar-refractivity contribution is 7.92. The van der Waals surface area contributed by atoms with Crippen LogP contribution in [0.25, 0.3) is 0 Å². The zero-order valence-electron chi connectivity index (χ0n) is 15.6. The number of amides is 1. The molecule has 0 fully saturated rings. The molecule has 0 bridgehead atoms. The Morgan fingerprint density at radius 1 is 0.966 bits per heavy atom. The number of benzene rings is 3. The maximum atomic E-state index is 12.7. The topological polar surface area (TPSA) is 119 Å². The largest absolute Gasteiger partial charge is 0.497 e. The van der Waals surface area contributed by atoms with Gasteiger partial charge >= 0.3 is 0 Å². The van der Waals surface area contributed by atoms with Gasteiger partial charge in [-0.25, -0.2) is 8.42 Å². The third-order valence-corrected chi connectivity index (χ3v) is 5.85. The van der Waals surface area contributed by atoms with Crippen LogP contribution in [0.2, 0.25) is 0 Å². The summed E-state index contributed by atoms with van der Waals surface area (Å²) in [5, 5.41) is 11.1. The number of hydrogen-bond donors (Lipinski definition) is 3. The molecule has 1 amide bonds. The molecule has 4 N–H and O–H groups in total. The molecular weight excluding hydrogens is 392 g/mol. The van der Waals surface area contributed by atoms with Crippen molar-refractivity contribution in [2.45, 2.75) is 10.5 Å². The average Bonchev–Trinajstić information content (AvgIpc) is 2.73. The lowest BCUT2D eigenvalue weighted by atomic mass is 9.85. The Kier molecular flexibility index (Phi) is 5.58. The normalized spacial score (nSPS) is 13.3. The molecule has 3 rings (SSSR count). The zero-order valence-corrected chi connectivity index (χ0v) is 16.4. The highest BCUT2D eigenvalue weighted by atomic mass is 32.2. The van der Waals surface area contributed by atoms with Crippen LogP contribution in [0, 0.1) is 0 Å². The summed E-state index contributed by atoms with van der Waals surface area (Å²) in [5.41, 5.74) is 3.98. The minimum Gasteiger partial charge on any atom is -0.497 e. The van der Waals surface area contributed by atoms with Gasteiger partial charge in [-0.05, 0) is 47.5 Å². The van der Waals surface area contributed by atoms with Gasteiger partial charge in [0.15, 0.2) is 5.60 Å². The van der Waals surface area contributed by atoms with Crippen LogP contribution in [0.3, 0.4) is 0 Å². The van der Waals surface area contributed by atoms with Crippen molar-refractivity contribution in [3.05, 3.63) is 90.0 Å². The Morgan fingerprint density at radius 3 is 2.17 bits per heavy atom. The Morgan fingerprint density at radius 2 is 1.59 bits per heavy atom. The fourth-order valence-electron chi connectivity index (χ4n) is 2.91. The first kappa shape index (κ1) is 20.4. The lowest BCUT2D eigenvalue weighted by molar-refractivity contribution is -0.133. The first-order valence-corrected chi connectivity index (χ1v) is 10.1. The van der Waals surface area contributed by atoms with Crippen molar-refractivity contribution in [2.24, 2.45) is 5.73 Å². The van der Waals surface area contributed by atoms with Crippen LogP contribution in [0.15, 0.2) is 83.8 Å². The van der Waals surface area contributed by atoms with Crippen molar-refractivity contribution in [3.8, 4) is 5.75 Å². The van der Waals surface area contributed by atoms with Gasteiger partial charge in [0.2, 0.25) is 0 Å². The van der Waals surface area contributed by atoms with Gasteiger partial charge < -0.3 is 15.6 Å². The molecule has 150 valence electrons. The molecule has 7 nitrogen and oxygen atoms in total. The summed E-state index contributed by atoms with van der Waals surface area (Å²) in [6.07, 6.45) is 0. The second-order valence-electron chi connectivity index (χ2n) is 6.30. The van der Waals surface area contributed by atoms with Gasteiger partial charge in [0.25, 0.3) is 15.9 Å². The predicted octanol–water partition coefficient (Wildman–Crippen LogP) is 2.22. The van der Waals surface area contributed by atoms with Gasteiger partial charge in [-0.1, -0.05) is 42.5 Å². The first-order chi connectivity index (χ1) is 13.8. The van der Waals surface area contributed by atoms with Crippen LogP contribution in [0.4, 0.5) is 5.69 Å². The molecule has 0 aliphatic heterocycles. The number of methoxy groups -OCH3 is 1. The van der Waals surface area contributed by atoms with E-state index in [0.29, 0.717) is 5.75 Å². The third kappa shape index (κ3) is 4.08. The standard InChI is InChI=1S/C21H20N2O5S/c1-28-18-10-12-19(13-11-18)29(26,27)23-17-9-5-8-16(14-17)21(25,20(22)24)15-6-3-2-4-7-15/h2-14,23,25H,1H3,(H2,22,24). The second-order valence-corrected chi connectivity index (χ2v) is 7.98. The molecule has 1 atom stereocenters. The monoisotopic (exact) mass is 412 g/mol. The molecular formula is C21H20N2O5S. The number of sulfonamides is 1. The fraction of sp³-hybridized carbons (Fsp3) is 0.0952. The van der Waals surface area contributed by atoms with E-state index in [2.05, 4.69) is 4.72 Å². The number of rotatable bonds is 7. The predicted molar refractivity (Wildman–Crippen MR) is 109 cm³/mol. The van der Waals surface area contributed by atoms with E-state index in [1.54, 1.807) is 30.3 Å².